The minimum Gasteiger partial charge on any atom is -0.493 e. The van der Waals surface area contributed by atoms with Crippen LogP contribution in [0.1, 0.15) is 17.5 Å². The second-order valence-electron chi connectivity index (χ2n) is 3.37. The minimum atomic E-state index is 0.714. The quantitative estimate of drug-likeness (QED) is 0.594. The SMILES string of the molecule is COc1ccc2c(c1OC)CCC2=NO. The molecule has 0 aromatic heterocycles. The zero-order valence-electron chi connectivity index (χ0n) is 8.78. The molecule has 0 saturated carbocycles. The number of oxime groups is 1. The van der Waals surface area contributed by atoms with Gasteiger partial charge in [0, 0.05) is 11.1 Å². The lowest BCUT2D eigenvalue weighted by Gasteiger charge is -2.11. The molecule has 0 heterocycles. The Labute approximate surface area is 88.1 Å². The van der Waals surface area contributed by atoms with E-state index >= 15 is 0 Å². The van der Waals surface area contributed by atoms with Crippen molar-refractivity contribution in [2.45, 2.75) is 12.8 Å². The van der Waals surface area contributed by atoms with Gasteiger partial charge in [-0.05, 0) is 25.0 Å². The van der Waals surface area contributed by atoms with Gasteiger partial charge in [0.15, 0.2) is 11.5 Å². The molecule has 1 aromatic carbocycles. The van der Waals surface area contributed by atoms with E-state index in [1.54, 1.807) is 14.2 Å². The lowest BCUT2D eigenvalue weighted by molar-refractivity contribution is 0.318. The Balaban J connectivity index is 2.58. The number of hydrogen-bond donors (Lipinski definition) is 1. The molecule has 4 heteroatoms. The second kappa shape index (κ2) is 3.81. The van der Waals surface area contributed by atoms with Crippen LogP contribution in [-0.4, -0.2) is 25.1 Å². The Morgan fingerprint density at radius 3 is 2.60 bits per heavy atom. The van der Waals surface area contributed by atoms with E-state index in [2.05, 4.69) is 5.16 Å². The van der Waals surface area contributed by atoms with Crippen molar-refractivity contribution in [3.8, 4) is 11.5 Å². The molecule has 0 aliphatic heterocycles. The van der Waals surface area contributed by atoms with Crippen LogP contribution in [0, 0.1) is 0 Å². The average Bonchev–Trinajstić information content (AvgIpc) is 2.70. The Hall–Kier alpha value is -1.71. The fraction of sp³-hybridized carbons (Fsp3) is 0.364. The summed E-state index contributed by atoms with van der Waals surface area (Å²) in [5.41, 5.74) is 2.73. The third-order valence-corrected chi connectivity index (χ3v) is 2.69. The Morgan fingerprint density at radius 1 is 1.20 bits per heavy atom. The molecule has 15 heavy (non-hydrogen) atoms. The highest BCUT2D eigenvalue weighted by Crippen LogP contribution is 2.38. The minimum absolute atomic E-state index is 0.714. The molecule has 0 saturated heterocycles. The van der Waals surface area contributed by atoms with Gasteiger partial charge >= 0.3 is 0 Å². The molecule has 4 nitrogen and oxygen atoms in total. The van der Waals surface area contributed by atoms with E-state index in [1.807, 2.05) is 12.1 Å². The molecule has 0 bridgehead atoms. The van der Waals surface area contributed by atoms with Gasteiger partial charge in [-0.1, -0.05) is 5.16 Å². The van der Waals surface area contributed by atoms with E-state index < -0.39 is 0 Å². The highest BCUT2D eigenvalue weighted by molar-refractivity contribution is 6.05. The van der Waals surface area contributed by atoms with Gasteiger partial charge in [-0.2, -0.15) is 0 Å². The van der Waals surface area contributed by atoms with Crippen molar-refractivity contribution in [3.63, 3.8) is 0 Å². The fourth-order valence-electron chi connectivity index (χ4n) is 1.99. The first-order chi connectivity index (χ1) is 7.31. The Kier molecular flexibility index (Phi) is 2.49. The molecule has 0 spiro atoms. The van der Waals surface area contributed by atoms with Crippen LogP contribution >= 0.6 is 0 Å². The first kappa shape index (κ1) is 9.83. The van der Waals surface area contributed by atoms with E-state index in [4.69, 9.17) is 14.7 Å². The van der Waals surface area contributed by atoms with Crippen molar-refractivity contribution in [2.75, 3.05) is 14.2 Å². The first-order valence-electron chi connectivity index (χ1n) is 4.77. The van der Waals surface area contributed by atoms with Gasteiger partial charge in [-0.3, -0.25) is 0 Å². The molecule has 1 aliphatic rings. The zero-order chi connectivity index (χ0) is 10.8. The summed E-state index contributed by atoms with van der Waals surface area (Å²) >= 11 is 0. The normalized spacial score (nSPS) is 16.5. The molecule has 0 radical (unpaired) electrons. The van der Waals surface area contributed by atoms with E-state index in [0.717, 1.165) is 35.5 Å². The van der Waals surface area contributed by atoms with Crippen LogP contribution in [0.15, 0.2) is 17.3 Å². The number of nitrogens with zero attached hydrogens (tertiary/aromatic N) is 1. The van der Waals surface area contributed by atoms with Gasteiger partial charge < -0.3 is 14.7 Å². The van der Waals surface area contributed by atoms with Gasteiger partial charge in [-0.15, -0.1) is 0 Å². The molecule has 0 amide bonds. The van der Waals surface area contributed by atoms with Crippen LogP contribution in [0.4, 0.5) is 0 Å². The molecule has 0 unspecified atom stereocenters. The standard InChI is InChI=1S/C11H13NO3/c1-14-10-6-4-7-8(11(10)15-2)3-5-9(7)12-13/h4,6,13H,3,5H2,1-2H3. The van der Waals surface area contributed by atoms with E-state index in [-0.39, 0.29) is 0 Å². The number of benzene rings is 1. The molecular formula is C11H13NO3. The Morgan fingerprint density at radius 2 is 2.00 bits per heavy atom. The average molecular weight is 207 g/mol. The summed E-state index contributed by atoms with van der Waals surface area (Å²) in [6.45, 7) is 0. The summed E-state index contributed by atoms with van der Waals surface area (Å²) in [6, 6.07) is 3.73. The lowest BCUT2D eigenvalue weighted by Crippen LogP contribution is -1.98. The molecule has 0 fully saturated rings. The Bertz CT molecular complexity index is 413. The summed E-state index contributed by atoms with van der Waals surface area (Å²) < 4.78 is 10.5. The van der Waals surface area contributed by atoms with Crippen LogP contribution in [0.25, 0.3) is 0 Å². The van der Waals surface area contributed by atoms with Crippen molar-refractivity contribution in [1.82, 2.24) is 0 Å². The highest BCUT2D eigenvalue weighted by atomic mass is 16.5. The number of rotatable bonds is 2. The molecule has 1 aromatic rings. The predicted octanol–water partition coefficient (Wildman–Crippen LogP) is 1.83. The number of fused-ring (bicyclic) bond motifs is 1. The first-order valence-corrected chi connectivity index (χ1v) is 4.77. The highest BCUT2D eigenvalue weighted by Gasteiger charge is 2.24. The van der Waals surface area contributed by atoms with Crippen molar-refractivity contribution in [2.24, 2.45) is 5.16 Å². The van der Waals surface area contributed by atoms with Crippen molar-refractivity contribution >= 4 is 5.71 Å². The maximum Gasteiger partial charge on any atom is 0.164 e. The molecule has 80 valence electrons. The summed E-state index contributed by atoms with van der Waals surface area (Å²) in [7, 11) is 3.23. The largest absolute Gasteiger partial charge is 0.493 e. The van der Waals surface area contributed by atoms with Gasteiger partial charge in [0.25, 0.3) is 0 Å². The second-order valence-corrected chi connectivity index (χ2v) is 3.37. The van der Waals surface area contributed by atoms with Gasteiger partial charge in [0.05, 0.1) is 19.9 Å². The molecular weight excluding hydrogens is 194 g/mol. The maximum absolute atomic E-state index is 8.82. The molecule has 1 N–H and O–H groups in total. The van der Waals surface area contributed by atoms with Crippen LogP contribution < -0.4 is 9.47 Å². The smallest absolute Gasteiger partial charge is 0.164 e. The van der Waals surface area contributed by atoms with Gasteiger partial charge in [0.2, 0.25) is 0 Å². The van der Waals surface area contributed by atoms with Crippen LogP contribution in [0.2, 0.25) is 0 Å². The summed E-state index contributed by atoms with van der Waals surface area (Å²) in [4.78, 5) is 0. The summed E-state index contributed by atoms with van der Waals surface area (Å²) in [5, 5.41) is 12.1. The van der Waals surface area contributed by atoms with E-state index in [1.165, 1.54) is 0 Å². The molecule has 0 atom stereocenters. The van der Waals surface area contributed by atoms with Crippen LogP contribution in [0.5, 0.6) is 11.5 Å². The van der Waals surface area contributed by atoms with Crippen LogP contribution in [-0.2, 0) is 6.42 Å². The molecule has 2 rings (SSSR count). The van der Waals surface area contributed by atoms with E-state index in [9.17, 15) is 0 Å². The maximum atomic E-state index is 8.82. The van der Waals surface area contributed by atoms with Gasteiger partial charge in [0.1, 0.15) is 0 Å². The fourth-order valence-corrected chi connectivity index (χ4v) is 1.99. The third-order valence-electron chi connectivity index (χ3n) is 2.69. The van der Waals surface area contributed by atoms with Crippen LogP contribution in [0.3, 0.4) is 0 Å². The van der Waals surface area contributed by atoms with Crippen molar-refractivity contribution < 1.29 is 14.7 Å². The van der Waals surface area contributed by atoms with E-state index in [0.29, 0.717) is 5.71 Å². The van der Waals surface area contributed by atoms with Crippen molar-refractivity contribution in [1.29, 1.82) is 0 Å². The lowest BCUT2D eigenvalue weighted by atomic mass is 10.1. The number of methoxy groups -OCH3 is 2. The number of hydrogen-bond acceptors (Lipinski definition) is 4. The predicted molar refractivity (Wildman–Crippen MR) is 56.2 cm³/mol. The molecule has 1 aliphatic carbocycles. The zero-order valence-corrected chi connectivity index (χ0v) is 8.78. The van der Waals surface area contributed by atoms with Crippen molar-refractivity contribution in [3.05, 3.63) is 23.3 Å². The number of ether oxygens (including phenoxy) is 2. The summed E-state index contributed by atoms with van der Waals surface area (Å²) in [6.07, 6.45) is 1.57. The van der Waals surface area contributed by atoms with Gasteiger partial charge in [-0.25, -0.2) is 0 Å². The topological polar surface area (TPSA) is 51.0 Å². The monoisotopic (exact) mass is 207 g/mol. The summed E-state index contributed by atoms with van der Waals surface area (Å²) in [5.74, 6) is 1.46. The third kappa shape index (κ3) is 1.42.